The molecule has 4 heterocycles. The fourth-order valence-corrected chi connectivity index (χ4v) is 4.09. The Balaban J connectivity index is 1.47. The quantitative estimate of drug-likeness (QED) is 0.342. The number of pyridine rings is 3. The van der Waals surface area contributed by atoms with Gasteiger partial charge >= 0.3 is 0 Å². The molecule has 184 valence electrons. The average molecular weight is 510 g/mol. The third kappa shape index (κ3) is 4.97. The van der Waals surface area contributed by atoms with Crippen LogP contribution < -0.4 is 10.3 Å². The van der Waals surface area contributed by atoms with Crippen molar-refractivity contribution in [3.63, 3.8) is 0 Å². The average Bonchev–Trinajstić information content (AvgIpc) is 3.67. The van der Waals surface area contributed by atoms with Gasteiger partial charge in [-0.1, -0.05) is 11.6 Å². The van der Waals surface area contributed by atoms with Crippen molar-refractivity contribution in [1.82, 2.24) is 24.5 Å². The number of aromatic nitrogens is 5. The van der Waals surface area contributed by atoms with Gasteiger partial charge in [-0.3, -0.25) is 19.3 Å². The van der Waals surface area contributed by atoms with Gasteiger partial charge in [0.25, 0.3) is 5.56 Å². The number of halogens is 3. The Bertz CT molecular complexity index is 1520. The van der Waals surface area contributed by atoms with E-state index >= 15 is 0 Å². The molecule has 0 saturated heterocycles. The Morgan fingerprint density at radius 3 is 2.64 bits per heavy atom. The number of rotatable bonds is 7. The summed E-state index contributed by atoms with van der Waals surface area (Å²) in [5, 5.41) is -0.172. The Morgan fingerprint density at radius 1 is 1.08 bits per heavy atom. The van der Waals surface area contributed by atoms with Crippen molar-refractivity contribution in [2.75, 3.05) is 0 Å². The molecule has 1 aliphatic carbocycles. The topological polar surface area (TPSA) is 82.8 Å². The van der Waals surface area contributed by atoms with E-state index in [0.29, 0.717) is 34.8 Å². The van der Waals surface area contributed by atoms with E-state index < -0.39 is 17.2 Å². The van der Waals surface area contributed by atoms with Crippen LogP contribution in [0.3, 0.4) is 0 Å². The van der Waals surface area contributed by atoms with Gasteiger partial charge in [-0.15, -0.1) is 0 Å². The molecule has 5 rings (SSSR count). The van der Waals surface area contributed by atoms with Crippen LogP contribution in [-0.2, 0) is 13.0 Å². The maximum absolute atomic E-state index is 13.9. The molecule has 0 radical (unpaired) electrons. The van der Waals surface area contributed by atoms with Gasteiger partial charge in [0, 0.05) is 36.6 Å². The third-order valence-corrected chi connectivity index (χ3v) is 6.35. The maximum atomic E-state index is 13.9. The second-order valence-electron chi connectivity index (χ2n) is 8.84. The lowest BCUT2D eigenvalue weighted by Crippen LogP contribution is -2.23. The fourth-order valence-electron chi connectivity index (χ4n) is 3.90. The number of nitrogens with zero attached hydrogens (tertiary/aromatic N) is 5. The molecule has 0 aromatic carbocycles. The molecule has 4 aromatic rings. The molecule has 4 aromatic heterocycles. The molecular formula is C26H22ClF2N5O2. The summed E-state index contributed by atoms with van der Waals surface area (Å²) in [5.41, 5.74) is 2.59. The van der Waals surface area contributed by atoms with Crippen molar-refractivity contribution in [2.45, 2.75) is 39.7 Å². The number of hydrogen-bond donors (Lipinski definition) is 0. The minimum Gasteiger partial charge on any atom is -0.485 e. The predicted molar refractivity (Wildman–Crippen MR) is 130 cm³/mol. The Labute approximate surface area is 210 Å². The molecule has 36 heavy (non-hydrogen) atoms. The highest BCUT2D eigenvalue weighted by molar-refractivity contribution is 6.31. The van der Waals surface area contributed by atoms with Crippen LogP contribution in [0.2, 0.25) is 5.02 Å². The van der Waals surface area contributed by atoms with Crippen LogP contribution in [-0.4, -0.2) is 24.5 Å². The minimum atomic E-state index is -0.846. The van der Waals surface area contributed by atoms with Gasteiger partial charge in [-0.05, 0) is 50.3 Å². The third-order valence-electron chi connectivity index (χ3n) is 6.00. The molecule has 0 aliphatic heterocycles. The molecule has 0 bridgehead atoms. The van der Waals surface area contributed by atoms with E-state index in [2.05, 4.69) is 19.9 Å². The molecule has 7 nitrogen and oxygen atoms in total. The summed E-state index contributed by atoms with van der Waals surface area (Å²) >= 11 is 6.37. The SMILES string of the molecule is Cc1cnc(-c2ccnc(CC3CC3)n2)cc1-n1c(C)cc(OCc2ncc(F)cc2F)c(Cl)c1=O. The minimum absolute atomic E-state index is 0.0772. The summed E-state index contributed by atoms with van der Waals surface area (Å²) < 4.78 is 34.1. The van der Waals surface area contributed by atoms with Gasteiger partial charge < -0.3 is 4.74 Å². The predicted octanol–water partition coefficient (Wildman–Crippen LogP) is 5.16. The van der Waals surface area contributed by atoms with Gasteiger partial charge in [0.15, 0.2) is 5.82 Å². The molecule has 1 fully saturated rings. The summed E-state index contributed by atoms with van der Waals surface area (Å²) in [6.07, 6.45) is 7.56. The van der Waals surface area contributed by atoms with Crippen LogP contribution in [0.25, 0.3) is 17.1 Å². The van der Waals surface area contributed by atoms with Gasteiger partial charge in [0.05, 0.1) is 23.3 Å². The van der Waals surface area contributed by atoms with E-state index in [9.17, 15) is 13.6 Å². The van der Waals surface area contributed by atoms with E-state index in [1.807, 2.05) is 6.92 Å². The largest absolute Gasteiger partial charge is 0.485 e. The highest BCUT2D eigenvalue weighted by Gasteiger charge is 2.23. The zero-order valence-electron chi connectivity index (χ0n) is 19.6. The monoisotopic (exact) mass is 509 g/mol. The molecule has 1 aliphatic rings. The first-order chi connectivity index (χ1) is 17.3. The highest BCUT2D eigenvalue weighted by atomic mass is 35.5. The Morgan fingerprint density at radius 2 is 1.89 bits per heavy atom. The van der Waals surface area contributed by atoms with Crippen LogP contribution in [0.5, 0.6) is 5.75 Å². The van der Waals surface area contributed by atoms with Crippen molar-refractivity contribution < 1.29 is 13.5 Å². The fraction of sp³-hybridized carbons (Fsp3) is 0.269. The molecule has 0 N–H and O–H groups in total. The van der Waals surface area contributed by atoms with Gasteiger partial charge in [-0.2, -0.15) is 0 Å². The van der Waals surface area contributed by atoms with Gasteiger partial charge in [-0.25, -0.2) is 18.7 Å². The van der Waals surface area contributed by atoms with Crippen molar-refractivity contribution in [2.24, 2.45) is 5.92 Å². The second-order valence-corrected chi connectivity index (χ2v) is 9.21. The standard InChI is InChI=1S/C26H22ClF2N5O2/c1-14-11-31-20(19-5-6-30-24(33-19)8-16-3-4-16)10-22(14)34-15(2)7-23(25(27)26(34)35)36-13-21-18(29)9-17(28)12-32-21/h5-7,9-12,16H,3-4,8,13H2,1-2H3. The number of aryl methyl sites for hydroxylation is 2. The summed E-state index contributed by atoms with van der Waals surface area (Å²) in [4.78, 5) is 30.5. The highest BCUT2D eigenvalue weighted by Crippen LogP contribution is 2.32. The van der Waals surface area contributed by atoms with E-state index in [1.165, 1.54) is 17.4 Å². The van der Waals surface area contributed by atoms with E-state index in [0.717, 1.165) is 24.0 Å². The van der Waals surface area contributed by atoms with Crippen molar-refractivity contribution in [1.29, 1.82) is 0 Å². The first-order valence-electron chi connectivity index (χ1n) is 11.4. The summed E-state index contributed by atoms with van der Waals surface area (Å²) in [7, 11) is 0. The lowest BCUT2D eigenvalue weighted by molar-refractivity contribution is 0.292. The molecule has 1 saturated carbocycles. The van der Waals surface area contributed by atoms with Crippen molar-refractivity contribution in [3.05, 3.63) is 92.6 Å². The molecule has 0 spiro atoms. The summed E-state index contributed by atoms with van der Waals surface area (Å²) in [5.74, 6) is -0.124. The molecule has 0 unspecified atom stereocenters. The first-order valence-corrected chi connectivity index (χ1v) is 11.8. The van der Waals surface area contributed by atoms with Crippen molar-refractivity contribution in [3.8, 4) is 22.8 Å². The summed E-state index contributed by atoms with van der Waals surface area (Å²) in [6, 6.07) is 5.89. The van der Waals surface area contributed by atoms with Crippen LogP contribution in [0, 0.1) is 31.4 Å². The van der Waals surface area contributed by atoms with Crippen molar-refractivity contribution >= 4 is 11.6 Å². The van der Waals surface area contributed by atoms with Crippen LogP contribution in [0.15, 0.2) is 47.7 Å². The Kier molecular flexibility index (Phi) is 6.49. The lowest BCUT2D eigenvalue weighted by atomic mass is 10.1. The van der Waals surface area contributed by atoms with E-state index in [-0.39, 0.29) is 23.1 Å². The van der Waals surface area contributed by atoms with Crippen LogP contribution in [0.1, 0.15) is 35.6 Å². The first kappa shape index (κ1) is 24.0. The maximum Gasteiger partial charge on any atom is 0.277 e. The van der Waals surface area contributed by atoms with E-state index in [4.69, 9.17) is 16.3 Å². The molecule has 10 heteroatoms. The van der Waals surface area contributed by atoms with Crippen LogP contribution in [0.4, 0.5) is 8.78 Å². The second kappa shape index (κ2) is 9.73. The lowest BCUT2D eigenvalue weighted by Gasteiger charge is -2.16. The molecule has 0 atom stereocenters. The Hall–Kier alpha value is -3.72. The zero-order valence-corrected chi connectivity index (χ0v) is 20.4. The van der Waals surface area contributed by atoms with Gasteiger partial charge in [0.2, 0.25) is 0 Å². The van der Waals surface area contributed by atoms with E-state index in [1.54, 1.807) is 37.5 Å². The smallest absolute Gasteiger partial charge is 0.277 e. The zero-order chi connectivity index (χ0) is 25.4. The summed E-state index contributed by atoms with van der Waals surface area (Å²) in [6.45, 7) is 3.27. The van der Waals surface area contributed by atoms with Gasteiger partial charge in [0.1, 0.15) is 34.7 Å². The van der Waals surface area contributed by atoms with Crippen LogP contribution >= 0.6 is 11.6 Å². The molecular weight excluding hydrogens is 488 g/mol. The normalized spacial score (nSPS) is 13.1. The number of hydrogen-bond acceptors (Lipinski definition) is 6. The number of ether oxygens (including phenoxy) is 1. The molecule has 0 amide bonds.